The summed E-state index contributed by atoms with van der Waals surface area (Å²) in [5.41, 5.74) is 0.517. The van der Waals surface area contributed by atoms with Crippen LogP contribution in [0, 0.1) is 0 Å². The highest BCUT2D eigenvalue weighted by Crippen LogP contribution is 2.27. The molecule has 0 aliphatic carbocycles. The molecule has 0 aromatic heterocycles. The van der Waals surface area contributed by atoms with Gasteiger partial charge in [-0.25, -0.2) is 0 Å². The lowest BCUT2D eigenvalue weighted by atomic mass is 10.2. The normalized spacial score (nSPS) is 31.0. The van der Waals surface area contributed by atoms with E-state index >= 15 is 0 Å². The summed E-state index contributed by atoms with van der Waals surface area (Å²) in [6.45, 7) is 4.09. The predicted molar refractivity (Wildman–Crippen MR) is 49.4 cm³/mol. The Morgan fingerprint density at radius 1 is 1.43 bits per heavy atom. The van der Waals surface area contributed by atoms with Gasteiger partial charge in [-0.2, -0.15) is 0 Å². The van der Waals surface area contributed by atoms with Crippen molar-refractivity contribution < 1.29 is 14.3 Å². The van der Waals surface area contributed by atoms with Crippen molar-refractivity contribution in [2.24, 2.45) is 0 Å². The van der Waals surface area contributed by atoms with Crippen molar-refractivity contribution in [3.05, 3.63) is 11.6 Å². The van der Waals surface area contributed by atoms with Gasteiger partial charge in [-0.3, -0.25) is 14.5 Å². The molecule has 0 bridgehead atoms. The molecule has 0 aromatic carbocycles. The van der Waals surface area contributed by atoms with E-state index in [4.69, 9.17) is 4.74 Å². The summed E-state index contributed by atoms with van der Waals surface area (Å²) in [7, 11) is 0. The standard InChI is InChI=1S/C10H13NO3/c1-3-7-8(14-7)5-11-9(12)4-6(2)10(11)13/h4,7-8H,3,5H2,1-2H3. The van der Waals surface area contributed by atoms with Crippen molar-refractivity contribution in [2.45, 2.75) is 32.5 Å². The van der Waals surface area contributed by atoms with Gasteiger partial charge in [0.05, 0.1) is 12.6 Å². The van der Waals surface area contributed by atoms with E-state index in [9.17, 15) is 9.59 Å². The summed E-state index contributed by atoms with van der Waals surface area (Å²) < 4.78 is 5.29. The van der Waals surface area contributed by atoms with Crippen molar-refractivity contribution in [3.8, 4) is 0 Å². The molecule has 2 aliphatic heterocycles. The van der Waals surface area contributed by atoms with Crippen molar-refractivity contribution >= 4 is 11.8 Å². The van der Waals surface area contributed by atoms with E-state index in [-0.39, 0.29) is 24.0 Å². The lowest BCUT2D eigenvalue weighted by Gasteiger charge is -2.12. The number of hydrogen-bond donors (Lipinski definition) is 0. The van der Waals surface area contributed by atoms with Crippen LogP contribution in [0.5, 0.6) is 0 Å². The molecule has 0 N–H and O–H groups in total. The molecule has 0 radical (unpaired) electrons. The molecule has 0 saturated carbocycles. The summed E-state index contributed by atoms with van der Waals surface area (Å²) in [5, 5.41) is 0. The van der Waals surface area contributed by atoms with Crippen LogP contribution in [-0.4, -0.2) is 35.5 Å². The fraction of sp³-hybridized carbons (Fsp3) is 0.600. The molecule has 2 heterocycles. The van der Waals surface area contributed by atoms with Crippen LogP contribution in [0.2, 0.25) is 0 Å². The number of carbonyl (C=O) groups is 2. The van der Waals surface area contributed by atoms with Gasteiger partial charge in [0.25, 0.3) is 11.8 Å². The second-order valence-electron chi connectivity index (χ2n) is 3.70. The average molecular weight is 195 g/mol. The molecule has 1 saturated heterocycles. The van der Waals surface area contributed by atoms with Crippen LogP contribution in [0.4, 0.5) is 0 Å². The van der Waals surface area contributed by atoms with Gasteiger partial charge in [0.15, 0.2) is 0 Å². The van der Waals surface area contributed by atoms with Crippen molar-refractivity contribution in [3.63, 3.8) is 0 Å². The largest absolute Gasteiger partial charge is 0.368 e. The van der Waals surface area contributed by atoms with Gasteiger partial charge in [0.1, 0.15) is 6.10 Å². The molecule has 4 nitrogen and oxygen atoms in total. The first-order chi connectivity index (χ1) is 6.63. The van der Waals surface area contributed by atoms with Crippen molar-refractivity contribution in [2.75, 3.05) is 6.54 Å². The third-order valence-corrected chi connectivity index (χ3v) is 2.64. The highest BCUT2D eigenvalue weighted by atomic mass is 16.6. The zero-order valence-electron chi connectivity index (χ0n) is 8.32. The van der Waals surface area contributed by atoms with Crippen LogP contribution in [-0.2, 0) is 14.3 Å². The van der Waals surface area contributed by atoms with Crippen molar-refractivity contribution in [1.29, 1.82) is 0 Å². The molecule has 0 spiro atoms. The van der Waals surface area contributed by atoms with Crippen molar-refractivity contribution in [1.82, 2.24) is 4.90 Å². The van der Waals surface area contributed by atoms with Gasteiger partial charge in [0, 0.05) is 11.6 Å². The van der Waals surface area contributed by atoms with E-state index in [0.29, 0.717) is 12.1 Å². The molecule has 2 rings (SSSR count). The fourth-order valence-corrected chi connectivity index (χ4v) is 1.69. The number of hydrogen-bond acceptors (Lipinski definition) is 3. The van der Waals surface area contributed by atoms with E-state index in [2.05, 4.69) is 0 Å². The number of epoxide rings is 1. The molecule has 4 heteroatoms. The monoisotopic (exact) mass is 195 g/mol. The topological polar surface area (TPSA) is 49.9 Å². The van der Waals surface area contributed by atoms with Gasteiger partial charge >= 0.3 is 0 Å². The molecule has 1 fully saturated rings. The van der Waals surface area contributed by atoms with Crippen LogP contribution >= 0.6 is 0 Å². The highest BCUT2D eigenvalue weighted by Gasteiger charge is 2.41. The molecular weight excluding hydrogens is 182 g/mol. The summed E-state index contributed by atoms with van der Waals surface area (Å²) in [6.07, 6.45) is 2.61. The first-order valence-electron chi connectivity index (χ1n) is 4.83. The van der Waals surface area contributed by atoms with Gasteiger partial charge in [0.2, 0.25) is 0 Å². The SMILES string of the molecule is CCC1OC1CN1C(=O)C=C(C)C1=O. The summed E-state index contributed by atoms with van der Waals surface area (Å²) in [4.78, 5) is 24.0. The van der Waals surface area contributed by atoms with Crippen LogP contribution in [0.3, 0.4) is 0 Å². The van der Waals surface area contributed by atoms with E-state index in [1.807, 2.05) is 6.92 Å². The third kappa shape index (κ3) is 1.46. The van der Waals surface area contributed by atoms with Crippen LogP contribution in [0.15, 0.2) is 11.6 Å². The number of imide groups is 1. The molecular formula is C10H13NO3. The van der Waals surface area contributed by atoms with Gasteiger partial charge in [-0.05, 0) is 13.3 Å². The van der Waals surface area contributed by atoms with E-state index in [0.717, 1.165) is 6.42 Å². The second-order valence-corrected chi connectivity index (χ2v) is 3.70. The molecule has 2 unspecified atom stereocenters. The maximum Gasteiger partial charge on any atom is 0.256 e. The van der Waals surface area contributed by atoms with E-state index in [1.54, 1.807) is 6.92 Å². The molecule has 2 amide bonds. The second kappa shape index (κ2) is 3.20. The fourth-order valence-electron chi connectivity index (χ4n) is 1.69. The zero-order chi connectivity index (χ0) is 10.3. The summed E-state index contributed by atoms with van der Waals surface area (Å²) in [6, 6.07) is 0. The molecule has 0 aromatic rings. The predicted octanol–water partition coefficient (Wildman–Crippen LogP) is 0.479. The molecule has 14 heavy (non-hydrogen) atoms. The first-order valence-corrected chi connectivity index (χ1v) is 4.83. The number of rotatable bonds is 3. The minimum Gasteiger partial charge on any atom is -0.368 e. The number of ether oxygens (including phenoxy) is 1. The summed E-state index contributed by atoms with van der Waals surface area (Å²) in [5.74, 6) is -0.391. The van der Waals surface area contributed by atoms with Gasteiger partial charge < -0.3 is 4.74 Å². The Kier molecular flexibility index (Phi) is 2.15. The average Bonchev–Trinajstić information content (AvgIpc) is 2.86. The Bertz CT molecular complexity index is 321. The summed E-state index contributed by atoms with van der Waals surface area (Å²) >= 11 is 0. The van der Waals surface area contributed by atoms with Crippen LogP contribution in [0.25, 0.3) is 0 Å². The minimum atomic E-state index is -0.210. The Balaban J connectivity index is 1.94. The number of nitrogens with zero attached hydrogens (tertiary/aromatic N) is 1. The molecule has 2 atom stereocenters. The quantitative estimate of drug-likeness (QED) is 0.486. The first kappa shape index (κ1) is 9.40. The third-order valence-electron chi connectivity index (χ3n) is 2.64. The van der Waals surface area contributed by atoms with Crippen LogP contribution < -0.4 is 0 Å². The lowest BCUT2D eigenvalue weighted by Crippen LogP contribution is -2.34. The Labute approximate surface area is 82.5 Å². The Morgan fingerprint density at radius 3 is 2.57 bits per heavy atom. The smallest absolute Gasteiger partial charge is 0.256 e. The van der Waals surface area contributed by atoms with Gasteiger partial charge in [-0.1, -0.05) is 6.92 Å². The maximum absolute atomic E-state index is 11.5. The Morgan fingerprint density at radius 2 is 2.14 bits per heavy atom. The zero-order valence-corrected chi connectivity index (χ0v) is 8.32. The van der Waals surface area contributed by atoms with Gasteiger partial charge in [-0.15, -0.1) is 0 Å². The number of amides is 2. The van der Waals surface area contributed by atoms with E-state index in [1.165, 1.54) is 11.0 Å². The number of carbonyl (C=O) groups excluding carboxylic acids is 2. The lowest BCUT2D eigenvalue weighted by molar-refractivity contribution is -0.137. The molecule has 2 aliphatic rings. The van der Waals surface area contributed by atoms with E-state index < -0.39 is 0 Å². The highest BCUT2D eigenvalue weighted by molar-refractivity contribution is 6.15. The minimum absolute atomic E-state index is 0.0622. The maximum atomic E-state index is 11.5. The van der Waals surface area contributed by atoms with Crippen LogP contribution in [0.1, 0.15) is 20.3 Å². The molecule has 76 valence electrons. The Hall–Kier alpha value is -1.16.